The van der Waals surface area contributed by atoms with Gasteiger partial charge in [0, 0.05) is 95.1 Å². The van der Waals surface area contributed by atoms with Crippen LogP contribution in [0.1, 0.15) is 86.4 Å². The van der Waals surface area contributed by atoms with E-state index in [0.717, 1.165) is 36.3 Å². The predicted molar refractivity (Wildman–Crippen MR) is 299 cm³/mol. The fourth-order valence-corrected chi connectivity index (χ4v) is 12.0. The van der Waals surface area contributed by atoms with E-state index >= 15 is 8.78 Å². The van der Waals surface area contributed by atoms with Crippen LogP contribution in [0.5, 0.6) is 0 Å². The summed E-state index contributed by atoms with van der Waals surface area (Å²) >= 11 is 0. The maximum absolute atomic E-state index is 15.1. The lowest BCUT2D eigenvalue weighted by Crippen LogP contribution is -2.62. The maximum atomic E-state index is 15.1. The number of Topliss-reactive ketones (excluding diaryl/α,β-unsaturated/α-hetero) is 2. The molecule has 5 aliphatic rings. The van der Waals surface area contributed by atoms with Crippen LogP contribution in [-0.2, 0) is 63.0 Å². The number of fused-ring (bicyclic) bond motifs is 2. The summed E-state index contributed by atoms with van der Waals surface area (Å²) in [7, 11) is 1.66. The van der Waals surface area contributed by atoms with Crippen LogP contribution in [0.4, 0.5) is 24.5 Å². The van der Waals surface area contributed by atoms with E-state index in [1.165, 1.54) is 23.1 Å². The molecule has 4 aromatic carbocycles. The van der Waals surface area contributed by atoms with E-state index < -0.39 is 58.5 Å². The zero-order valence-electron chi connectivity index (χ0n) is 46.2. The molecule has 3 fully saturated rings. The van der Waals surface area contributed by atoms with Crippen molar-refractivity contribution in [2.75, 3.05) is 89.5 Å². The number of ketones is 2. The first-order valence-corrected chi connectivity index (χ1v) is 27.6. The van der Waals surface area contributed by atoms with Crippen LogP contribution >= 0.6 is 12.4 Å². The Hall–Kier alpha value is -6.06. The number of rotatable bonds is 19. The second-order valence-corrected chi connectivity index (χ2v) is 22.4. The average molecular weight is 1130 g/mol. The number of likely N-dealkylation sites (N-methyl/N-ethyl adjacent to an activating group) is 1. The van der Waals surface area contributed by atoms with E-state index in [1.807, 2.05) is 18.2 Å². The van der Waals surface area contributed by atoms with Gasteiger partial charge in [0.25, 0.3) is 5.91 Å². The monoisotopic (exact) mass is 1130 g/mol. The Balaban J connectivity index is 0.00000841. The minimum Gasteiger partial charge on any atom is -0.381 e. The third-order valence-electron chi connectivity index (χ3n) is 16.8. The summed E-state index contributed by atoms with van der Waals surface area (Å²) in [5.41, 5.74) is 2.41. The molecule has 3 saturated heterocycles. The van der Waals surface area contributed by atoms with Crippen molar-refractivity contribution in [2.45, 2.75) is 102 Å². The molecule has 4 amide bonds. The molecule has 7 atom stereocenters. The number of piperazine rings is 1. The number of benzene rings is 4. The van der Waals surface area contributed by atoms with Gasteiger partial charge in [-0.1, -0.05) is 48.5 Å². The molecular weight excluding hydrogens is 1050 g/mol. The summed E-state index contributed by atoms with van der Waals surface area (Å²) < 4.78 is 55.3. The summed E-state index contributed by atoms with van der Waals surface area (Å²) in [5.74, 6) is -5.92. The van der Waals surface area contributed by atoms with Gasteiger partial charge in [-0.15, -0.1) is 12.4 Å². The van der Waals surface area contributed by atoms with Crippen molar-refractivity contribution in [3.8, 4) is 0 Å². The normalized spacial score (nSPS) is 23.1. The first-order chi connectivity index (χ1) is 37.9. The number of anilines is 2. The molecule has 430 valence electrons. The molecule has 20 heteroatoms. The van der Waals surface area contributed by atoms with Crippen LogP contribution < -0.4 is 26.2 Å². The largest absolute Gasteiger partial charge is 0.381 e. The number of morpholine rings is 1. The highest BCUT2D eigenvalue weighted by Gasteiger charge is 2.48. The van der Waals surface area contributed by atoms with Crippen LogP contribution in [0.3, 0.4) is 0 Å². The number of para-hydroxylation sites is 1. The van der Waals surface area contributed by atoms with Gasteiger partial charge < -0.3 is 40.5 Å². The van der Waals surface area contributed by atoms with Gasteiger partial charge in [0.1, 0.15) is 35.0 Å². The van der Waals surface area contributed by atoms with Crippen molar-refractivity contribution in [3.63, 3.8) is 0 Å². The molecule has 0 bridgehead atoms. The summed E-state index contributed by atoms with van der Waals surface area (Å²) in [4.78, 5) is 93.8. The quantitative estimate of drug-likeness (QED) is 0.0906. The fraction of sp³-hybridized carbons (Fsp3) is 0.500. The van der Waals surface area contributed by atoms with E-state index in [0.29, 0.717) is 86.7 Å². The highest BCUT2D eigenvalue weighted by Crippen LogP contribution is 2.43. The van der Waals surface area contributed by atoms with E-state index in [1.54, 1.807) is 56.1 Å². The number of nitrogens with one attached hydrogen (secondary N) is 4. The molecule has 0 radical (unpaired) electrons. The number of nitrogens with zero attached hydrogens (tertiary/aromatic N) is 4. The van der Waals surface area contributed by atoms with Crippen molar-refractivity contribution in [3.05, 3.63) is 130 Å². The van der Waals surface area contributed by atoms with Gasteiger partial charge >= 0.3 is 0 Å². The van der Waals surface area contributed by atoms with Crippen molar-refractivity contribution < 1.29 is 51.4 Å². The summed E-state index contributed by atoms with van der Waals surface area (Å²) in [6.45, 7) is 12.5. The Labute approximate surface area is 472 Å². The highest BCUT2D eigenvalue weighted by atomic mass is 35.5. The number of carbonyl (C=O) groups is 6. The summed E-state index contributed by atoms with van der Waals surface area (Å²) in [6.07, 6.45) is 1.22. The lowest BCUT2D eigenvalue weighted by Gasteiger charge is -2.43. The molecular formula is C60H74ClF3N8O8. The highest BCUT2D eigenvalue weighted by molar-refractivity contribution is 6.04. The van der Waals surface area contributed by atoms with Crippen molar-refractivity contribution in [1.29, 1.82) is 0 Å². The topological polar surface area (TPSA) is 182 Å². The van der Waals surface area contributed by atoms with Gasteiger partial charge in [0.2, 0.25) is 17.7 Å². The average Bonchev–Trinajstić information content (AvgIpc) is 4.17. The van der Waals surface area contributed by atoms with E-state index in [2.05, 4.69) is 44.9 Å². The number of halogens is 4. The Morgan fingerprint density at radius 3 is 2.29 bits per heavy atom. The molecule has 16 nitrogen and oxygen atoms in total. The van der Waals surface area contributed by atoms with Crippen LogP contribution in [0.2, 0.25) is 0 Å². The molecule has 4 aromatic rings. The maximum Gasteiger partial charge on any atom is 0.252 e. The standard InChI is InChI=1S/C60H73F3N8O8.ClH/c1-36-30-69(45(28-65-36)32-68-19-22-79-34-37(68)2)33-54(74)71-35-60(4,49-16-12-40(26-52(49)71)23-39-10-14-44(61)15-11-39)59(77)66-29-46(72)24-41-9-13-43-31-70(56(47(43)25-41)57(75)67-55-50(62)7-6-8-51(55)63)58(76)48(27-53(73)38(3)64-5)42-17-20-78-21-18-42;/h6-16,25-26,36-38,42,45,48,56,64-65H,17-24,27-35H2,1-5H3,(H,66,77)(H,67,75);1H/t36-,37-,38+,45-,48+,56+,60+;/m1./s1. The lowest BCUT2D eigenvalue weighted by molar-refractivity contribution is -0.146. The fourth-order valence-electron chi connectivity index (χ4n) is 12.0. The molecule has 0 saturated carbocycles. The van der Waals surface area contributed by atoms with Crippen LogP contribution in [0.25, 0.3) is 0 Å². The third kappa shape index (κ3) is 13.5. The van der Waals surface area contributed by atoms with E-state index in [-0.39, 0.29) is 98.8 Å². The molecule has 0 aromatic heterocycles. The summed E-state index contributed by atoms with van der Waals surface area (Å²) in [5, 5.41) is 11.8. The molecule has 0 spiro atoms. The van der Waals surface area contributed by atoms with Gasteiger partial charge in [-0.25, -0.2) is 13.2 Å². The predicted octanol–water partition coefficient (Wildman–Crippen LogP) is 5.66. The Morgan fingerprint density at radius 2 is 1.57 bits per heavy atom. The molecule has 80 heavy (non-hydrogen) atoms. The van der Waals surface area contributed by atoms with Gasteiger partial charge in [0.15, 0.2) is 5.78 Å². The molecule has 5 heterocycles. The minimum absolute atomic E-state index is 0. The van der Waals surface area contributed by atoms with Gasteiger partial charge in [-0.3, -0.25) is 38.6 Å². The molecule has 5 aliphatic heterocycles. The second-order valence-electron chi connectivity index (χ2n) is 22.4. The number of hydrogen-bond acceptors (Lipinski definition) is 12. The van der Waals surface area contributed by atoms with E-state index in [4.69, 9.17) is 9.47 Å². The number of hydrogen-bond donors (Lipinski definition) is 4. The molecule has 4 N–H and O–H groups in total. The van der Waals surface area contributed by atoms with Gasteiger partial charge in [-0.05, 0) is 124 Å². The Kier molecular flexibility index (Phi) is 19.7. The molecule has 0 aliphatic carbocycles. The SMILES string of the molecule is CN[C@@H](C)C(=O)C[C@H](C(=O)N1Cc2ccc(CC(=O)CNC(=O)[C@@]3(C)CN(C(=O)CN4C[C@@H](C)NC[C@@H]4CN4CCOC[C@H]4C)c4cc(Cc5ccc(F)cc5)ccc43)cc2[C@H]1C(=O)Nc1c(F)cccc1F)C1CCOCC1.Cl. The van der Waals surface area contributed by atoms with Crippen LogP contribution in [-0.4, -0.2) is 153 Å². The number of ether oxygens (including phenoxy) is 2. The van der Waals surface area contributed by atoms with Crippen molar-refractivity contribution >= 4 is 59.0 Å². The number of carbonyl (C=O) groups excluding carboxylic acids is 6. The Bertz CT molecular complexity index is 2910. The molecule has 0 unspecified atom stereocenters. The minimum atomic E-state index is -1.38. The van der Waals surface area contributed by atoms with Crippen molar-refractivity contribution in [2.24, 2.45) is 11.8 Å². The zero-order chi connectivity index (χ0) is 56.1. The zero-order valence-corrected chi connectivity index (χ0v) is 47.0. The Morgan fingerprint density at radius 1 is 0.863 bits per heavy atom. The van der Waals surface area contributed by atoms with Gasteiger partial charge in [-0.2, -0.15) is 0 Å². The third-order valence-corrected chi connectivity index (χ3v) is 16.8. The number of amides is 4. The van der Waals surface area contributed by atoms with E-state index in [9.17, 15) is 33.2 Å². The van der Waals surface area contributed by atoms with Crippen LogP contribution in [0.15, 0.2) is 78.9 Å². The second kappa shape index (κ2) is 26.2. The van der Waals surface area contributed by atoms with Gasteiger partial charge in [0.05, 0.1) is 37.8 Å². The lowest BCUT2D eigenvalue weighted by atomic mass is 9.81. The van der Waals surface area contributed by atoms with Crippen molar-refractivity contribution in [1.82, 2.24) is 30.7 Å². The summed E-state index contributed by atoms with van der Waals surface area (Å²) in [6, 6.07) is 18.7. The van der Waals surface area contributed by atoms with Crippen LogP contribution in [0, 0.1) is 29.3 Å². The smallest absolute Gasteiger partial charge is 0.252 e. The first kappa shape index (κ1) is 60.0. The molecule has 9 rings (SSSR count). The first-order valence-electron chi connectivity index (χ1n) is 27.6.